The molecule has 220 valence electrons. The third-order valence-electron chi connectivity index (χ3n) is 8.56. The molecule has 0 N–H and O–H groups in total. The Labute approximate surface area is 243 Å². The van der Waals surface area contributed by atoms with Gasteiger partial charge in [0.15, 0.2) is 0 Å². The molecule has 0 radical (unpaired) electrons. The molecular formula is C33H34F3N3O3. The van der Waals surface area contributed by atoms with Crippen LogP contribution in [-0.2, 0) is 12.6 Å². The summed E-state index contributed by atoms with van der Waals surface area (Å²) in [6.45, 7) is 4.47. The standard InChI is InChI=1S/C33H34F3N3O3/c1-20(2)41-29-13-24(18-38-28(29)11-12-37)40-19-22-16-32(17-22)14-21(15-32)7-10-26-30(39-42-31(26)23-8-9-23)25-5-3-4-6-27(25)33(34,35)36/h3-7,10,13,18,20-23H,8-9,11,14-17,19H2,1-2H3/b10-7+. The number of nitriles is 1. The van der Waals surface area contributed by atoms with E-state index in [1.54, 1.807) is 12.3 Å². The van der Waals surface area contributed by atoms with Crippen LogP contribution in [0.15, 0.2) is 47.1 Å². The minimum atomic E-state index is -4.47. The van der Waals surface area contributed by atoms with Gasteiger partial charge in [-0.2, -0.15) is 18.4 Å². The Morgan fingerprint density at radius 1 is 1.17 bits per heavy atom. The summed E-state index contributed by atoms with van der Waals surface area (Å²) in [5.41, 5.74) is 1.26. The van der Waals surface area contributed by atoms with E-state index in [9.17, 15) is 13.2 Å². The van der Waals surface area contributed by atoms with Gasteiger partial charge in [0.1, 0.15) is 23.0 Å². The highest BCUT2D eigenvalue weighted by molar-refractivity contribution is 5.76. The number of benzene rings is 1. The molecule has 3 aromatic rings. The van der Waals surface area contributed by atoms with Gasteiger partial charge in [0.25, 0.3) is 0 Å². The molecule has 1 spiro atoms. The number of nitrogens with zero attached hydrogens (tertiary/aromatic N) is 3. The van der Waals surface area contributed by atoms with Crippen molar-refractivity contribution in [3.05, 3.63) is 65.2 Å². The lowest BCUT2D eigenvalue weighted by Crippen LogP contribution is -2.48. The molecule has 0 atom stereocenters. The third-order valence-corrected chi connectivity index (χ3v) is 8.56. The number of alkyl halides is 3. The molecule has 3 aliphatic carbocycles. The summed E-state index contributed by atoms with van der Waals surface area (Å²) in [5, 5.41) is 13.2. The molecule has 3 saturated carbocycles. The highest BCUT2D eigenvalue weighted by atomic mass is 19.4. The van der Waals surface area contributed by atoms with Gasteiger partial charge in [-0.05, 0) is 75.7 Å². The summed E-state index contributed by atoms with van der Waals surface area (Å²) in [7, 11) is 0. The zero-order valence-electron chi connectivity index (χ0n) is 23.8. The molecule has 3 aliphatic rings. The highest BCUT2D eigenvalue weighted by Crippen LogP contribution is 2.61. The van der Waals surface area contributed by atoms with Crippen molar-refractivity contribution in [3.63, 3.8) is 0 Å². The molecule has 6 rings (SSSR count). The average Bonchev–Trinajstić information content (AvgIpc) is 3.66. The Kier molecular flexibility index (Phi) is 7.50. The van der Waals surface area contributed by atoms with Gasteiger partial charge in [0.05, 0.1) is 42.7 Å². The summed E-state index contributed by atoms with van der Waals surface area (Å²) < 4.78 is 58.7. The first kappa shape index (κ1) is 28.3. The number of hydrogen-bond donors (Lipinski definition) is 0. The zero-order valence-corrected chi connectivity index (χ0v) is 23.8. The van der Waals surface area contributed by atoms with Crippen molar-refractivity contribution in [1.82, 2.24) is 10.1 Å². The van der Waals surface area contributed by atoms with E-state index < -0.39 is 11.7 Å². The Hall–Kier alpha value is -3.80. The lowest BCUT2D eigenvalue weighted by Gasteiger charge is -2.57. The monoisotopic (exact) mass is 577 g/mol. The number of ether oxygens (including phenoxy) is 2. The predicted molar refractivity (Wildman–Crippen MR) is 151 cm³/mol. The van der Waals surface area contributed by atoms with Crippen LogP contribution in [0.1, 0.15) is 80.9 Å². The number of pyridine rings is 1. The SMILES string of the molecule is CC(C)Oc1cc(OCC2CC3(CC(/C=C/c4c(-c5ccccc5C(F)(F)F)noc4C4CC4)C3)C2)cnc1CC#N. The maximum Gasteiger partial charge on any atom is 0.417 e. The second-order valence-electron chi connectivity index (χ2n) is 12.4. The highest BCUT2D eigenvalue weighted by Gasteiger charge is 2.52. The molecule has 2 heterocycles. The van der Waals surface area contributed by atoms with Crippen LogP contribution in [0.2, 0.25) is 0 Å². The van der Waals surface area contributed by atoms with Crippen molar-refractivity contribution in [2.24, 2.45) is 17.3 Å². The van der Waals surface area contributed by atoms with Gasteiger partial charge < -0.3 is 14.0 Å². The Morgan fingerprint density at radius 3 is 2.62 bits per heavy atom. The first-order valence-electron chi connectivity index (χ1n) is 14.6. The van der Waals surface area contributed by atoms with Crippen LogP contribution < -0.4 is 9.47 Å². The van der Waals surface area contributed by atoms with Gasteiger partial charge >= 0.3 is 6.18 Å². The van der Waals surface area contributed by atoms with E-state index in [2.05, 4.69) is 22.3 Å². The molecule has 3 fully saturated rings. The fourth-order valence-electron chi connectivity index (χ4n) is 6.59. The van der Waals surface area contributed by atoms with Crippen LogP contribution >= 0.6 is 0 Å². The lowest BCUT2D eigenvalue weighted by molar-refractivity contribution is -0.137. The Balaban J connectivity index is 1.06. The van der Waals surface area contributed by atoms with E-state index in [1.165, 1.54) is 12.1 Å². The number of rotatable bonds is 10. The van der Waals surface area contributed by atoms with Gasteiger partial charge in [-0.1, -0.05) is 35.5 Å². The van der Waals surface area contributed by atoms with Crippen LogP contribution in [0.4, 0.5) is 13.2 Å². The maximum atomic E-state index is 13.7. The number of hydrogen-bond acceptors (Lipinski definition) is 6. The molecule has 0 aliphatic heterocycles. The second kappa shape index (κ2) is 11.1. The van der Waals surface area contributed by atoms with E-state index in [0.717, 1.165) is 44.6 Å². The molecule has 2 aromatic heterocycles. The first-order valence-corrected chi connectivity index (χ1v) is 14.6. The summed E-state index contributed by atoms with van der Waals surface area (Å²) >= 11 is 0. The minimum Gasteiger partial charge on any atom is -0.492 e. The summed E-state index contributed by atoms with van der Waals surface area (Å²) in [4.78, 5) is 4.37. The van der Waals surface area contributed by atoms with E-state index in [0.29, 0.717) is 52.4 Å². The van der Waals surface area contributed by atoms with Crippen molar-refractivity contribution in [2.75, 3.05) is 6.61 Å². The number of halogens is 3. The van der Waals surface area contributed by atoms with E-state index in [-0.39, 0.29) is 29.7 Å². The van der Waals surface area contributed by atoms with E-state index in [1.807, 2.05) is 26.0 Å². The maximum absolute atomic E-state index is 13.7. The predicted octanol–water partition coefficient (Wildman–Crippen LogP) is 8.38. The molecule has 9 heteroatoms. The molecule has 6 nitrogen and oxygen atoms in total. The van der Waals surface area contributed by atoms with E-state index in [4.69, 9.17) is 19.3 Å². The topological polar surface area (TPSA) is 81.2 Å². The fraction of sp³-hybridized carbons (Fsp3) is 0.485. The van der Waals surface area contributed by atoms with Crippen molar-refractivity contribution in [1.29, 1.82) is 5.26 Å². The number of allylic oxidation sites excluding steroid dienone is 1. The van der Waals surface area contributed by atoms with Gasteiger partial charge in [-0.25, -0.2) is 0 Å². The number of aromatic nitrogens is 2. The molecule has 0 saturated heterocycles. The summed E-state index contributed by atoms with van der Waals surface area (Å²) in [5.74, 6) is 3.01. The Bertz CT molecular complexity index is 1500. The van der Waals surface area contributed by atoms with Crippen LogP contribution in [0.3, 0.4) is 0 Å². The Morgan fingerprint density at radius 2 is 1.93 bits per heavy atom. The average molecular weight is 578 g/mol. The fourth-order valence-corrected chi connectivity index (χ4v) is 6.59. The van der Waals surface area contributed by atoms with Crippen LogP contribution in [0.25, 0.3) is 17.3 Å². The lowest BCUT2D eigenvalue weighted by atomic mass is 9.48. The van der Waals surface area contributed by atoms with Gasteiger partial charge in [-0.15, -0.1) is 0 Å². The van der Waals surface area contributed by atoms with Gasteiger partial charge in [0, 0.05) is 23.1 Å². The normalized spacial score (nSPS) is 23.5. The van der Waals surface area contributed by atoms with Crippen molar-refractivity contribution >= 4 is 6.08 Å². The van der Waals surface area contributed by atoms with Crippen LogP contribution in [0, 0.1) is 28.6 Å². The van der Waals surface area contributed by atoms with Gasteiger partial charge in [0.2, 0.25) is 0 Å². The smallest absolute Gasteiger partial charge is 0.417 e. The van der Waals surface area contributed by atoms with Gasteiger partial charge in [-0.3, -0.25) is 4.98 Å². The second-order valence-corrected chi connectivity index (χ2v) is 12.4. The summed E-state index contributed by atoms with van der Waals surface area (Å²) in [6, 6.07) is 9.51. The molecule has 42 heavy (non-hydrogen) atoms. The van der Waals surface area contributed by atoms with E-state index >= 15 is 0 Å². The minimum absolute atomic E-state index is 0.0288. The quantitative estimate of drug-likeness (QED) is 0.241. The third kappa shape index (κ3) is 5.90. The zero-order chi connectivity index (χ0) is 29.5. The van der Waals surface area contributed by atoms with Crippen LogP contribution in [-0.4, -0.2) is 22.9 Å². The van der Waals surface area contributed by atoms with Crippen LogP contribution in [0.5, 0.6) is 11.5 Å². The first-order chi connectivity index (χ1) is 20.1. The van der Waals surface area contributed by atoms with Crippen molar-refractivity contribution in [2.45, 2.75) is 77.0 Å². The molecular weight excluding hydrogens is 543 g/mol. The molecule has 1 aromatic carbocycles. The largest absolute Gasteiger partial charge is 0.492 e. The summed E-state index contributed by atoms with van der Waals surface area (Å²) in [6.07, 6.45) is 7.68. The molecule has 0 bridgehead atoms. The molecule has 0 unspecified atom stereocenters. The van der Waals surface area contributed by atoms with Crippen molar-refractivity contribution < 1.29 is 27.2 Å². The van der Waals surface area contributed by atoms with Crippen molar-refractivity contribution in [3.8, 4) is 28.8 Å². The molecule has 0 amide bonds.